The van der Waals surface area contributed by atoms with Crippen LogP contribution in [0, 0.1) is 5.82 Å². The van der Waals surface area contributed by atoms with E-state index in [-0.39, 0.29) is 23.5 Å². The molecule has 2 heterocycles. The molecule has 2 aliphatic rings. The Morgan fingerprint density at radius 3 is 2.67 bits per heavy atom. The molecule has 2 aliphatic heterocycles. The summed E-state index contributed by atoms with van der Waals surface area (Å²) in [6, 6.07) is 21.4. The molecule has 170 valence electrons. The summed E-state index contributed by atoms with van der Waals surface area (Å²) in [5, 5.41) is 5.59. The van der Waals surface area contributed by atoms with Crippen LogP contribution in [0.25, 0.3) is 10.8 Å². The molecule has 2 saturated heterocycles. The van der Waals surface area contributed by atoms with Crippen molar-refractivity contribution in [2.24, 2.45) is 0 Å². The lowest BCUT2D eigenvalue weighted by atomic mass is 9.83. The molecule has 0 aliphatic carbocycles. The Morgan fingerprint density at radius 1 is 1.06 bits per heavy atom. The highest BCUT2D eigenvalue weighted by Crippen LogP contribution is 2.34. The average molecular weight is 445 g/mol. The summed E-state index contributed by atoms with van der Waals surface area (Å²) in [7, 11) is 0. The maximum Gasteiger partial charge on any atom is 0.222 e. The third kappa shape index (κ3) is 4.50. The van der Waals surface area contributed by atoms with Crippen LogP contribution in [0.3, 0.4) is 0 Å². The van der Waals surface area contributed by atoms with Crippen molar-refractivity contribution in [3.8, 4) is 0 Å². The summed E-state index contributed by atoms with van der Waals surface area (Å²) in [5.74, 6) is 0.00115. The number of nitrogens with zero attached hydrogens (tertiary/aromatic N) is 1. The Bertz CT molecular complexity index is 1190. The Morgan fingerprint density at radius 2 is 1.85 bits per heavy atom. The average Bonchev–Trinajstić information content (AvgIpc) is 3.46. The fraction of sp³-hybridized carbons (Fsp3) is 0.357. The van der Waals surface area contributed by atoms with Crippen molar-refractivity contribution in [2.75, 3.05) is 13.1 Å². The van der Waals surface area contributed by atoms with Crippen molar-refractivity contribution >= 4 is 22.6 Å². The van der Waals surface area contributed by atoms with E-state index >= 15 is 0 Å². The van der Waals surface area contributed by atoms with Crippen LogP contribution in [-0.2, 0) is 16.0 Å². The second kappa shape index (κ2) is 8.97. The fourth-order valence-electron chi connectivity index (χ4n) is 5.54. The normalized spacial score (nSPS) is 22.6. The molecule has 3 aromatic rings. The van der Waals surface area contributed by atoms with E-state index in [9.17, 15) is 14.0 Å². The zero-order chi connectivity index (χ0) is 22.8. The molecule has 0 spiro atoms. The largest absolute Gasteiger partial charge is 0.350 e. The maximum atomic E-state index is 14.2. The maximum absolute atomic E-state index is 14.2. The summed E-state index contributed by atoms with van der Waals surface area (Å²) in [6.07, 6.45) is 3.73. The number of amides is 2. The molecule has 2 atom stereocenters. The molecule has 0 aromatic heterocycles. The number of hydrogen-bond acceptors (Lipinski definition) is 2. The van der Waals surface area contributed by atoms with E-state index in [4.69, 9.17) is 0 Å². The summed E-state index contributed by atoms with van der Waals surface area (Å²) in [5.41, 5.74) is 1.49. The van der Waals surface area contributed by atoms with E-state index in [0.717, 1.165) is 12.8 Å². The molecule has 2 amide bonds. The number of benzene rings is 3. The van der Waals surface area contributed by atoms with Crippen LogP contribution in [0.1, 0.15) is 49.1 Å². The lowest BCUT2D eigenvalue weighted by Crippen LogP contribution is -2.44. The van der Waals surface area contributed by atoms with Gasteiger partial charge in [-0.15, -0.1) is 0 Å². The first-order chi connectivity index (χ1) is 16.0. The van der Waals surface area contributed by atoms with E-state index in [1.807, 2.05) is 29.2 Å². The van der Waals surface area contributed by atoms with E-state index < -0.39 is 5.54 Å². The van der Waals surface area contributed by atoms with Crippen LogP contribution in [0.2, 0.25) is 0 Å². The van der Waals surface area contributed by atoms with Crippen molar-refractivity contribution < 1.29 is 14.0 Å². The van der Waals surface area contributed by atoms with Crippen LogP contribution >= 0.6 is 0 Å². The van der Waals surface area contributed by atoms with Gasteiger partial charge in [-0.3, -0.25) is 9.59 Å². The number of carbonyl (C=O) groups is 2. The highest BCUT2D eigenvalue weighted by atomic mass is 19.1. The molecule has 0 unspecified atom stereocenters. The molecule has 2 fully saturated rings. The highest BCUT2D eigenvalue weighted by Gasteiger charge is 2.39. The van der Waals surface area contributed by atoms with Gasteiger partial charge in [0.05, 0.1) is 0 Å². The summed E-state index contributed by atoms with van der Waals surface area (Å²) in [6.45, 7) is 1.21. The van der Waals surface area contributed by atoms with Crippen LogP contribution in [0.4, 0.5) is 4.39 Å². The van der Waals surface area contributed by atoms with Crippen molar-refractivity contribution in [2.45, 2.75) is 50.0 Å². The molecule has 0 saturated carbocycles. The Balaban J connectivity index is 1.28. The van der Waals surface area contributed by atoms with Crippen molar-refractivity contribution in [1.29, 1.82) is 0 Å². The number of nitrogens with one attached hydrogen (secondary N) is 1. The fourth-order valence-corrected chi connectivity index (χ4v) is 5.54. The van der Waals surface area contributed by atoms with Gasteiger partial charge in [-0.1, -0.05) is 60.7 Å². The molecule has 5 heteroatoms. The number of rotatable bonds is 6. The molecular formula is C28H29FN2O2. The third-order valence-electron chi connectivity index (χ3n) is 7.35. The van der Waals surface area contributed by atoms with Gasteiger partial charge >= 0.3 is 0 Å². The van der Waals surface area contributed by atoms with Crippen molar-refractivity contribution in [3.63, 3.8) is 0 Å². The Hall–Kier alpha value is -3.21. The lowest BCUT2D eigenvalue weighted by Gasteiger charge is -2.30. The predicted octanol–water partition coefficient (Wildman–Crippen LogP) is 4.97. The van der Waals surface area contributed by atoms with Gasteiger partial charge in [0.15, 0.2) is 0 Å². The molecular weight excluding hydrogens is 415 g/mol. The van der Waals surface area contributed by atoms with E-state index in [2.05, 4.69) is 35.6 Å². The zero-order valence-corrected chi connectivity index (χ0v) is 18.7. The first-order valence-electron chi connectivity index (χ1n) is 11.8. The Labute approximate surface area is 193 Å². The van der Waals surface area contributed by atoms with Gasteiger partial charge in [0.2, 0.25) is 11.8 Å². The van der Waals surface area contributed by atoms with Crippen LogP contribution < -0.4 is 5.32 Å². The van der Waals surface area contributed by atoms with Gasteiger partial charge < -0.3 is 10.2 Å². The van der Waals surface area contributed by atoms with Crippen LogP contribution in [0.5, 0.6) is 0 Å². The smallest absolute Gasteiger partial charge is 0.222 e. The molecule has 0 radical (unpaired) electrons. The number of fused-ring (bicyclic) bond motifs is 1. The minimum Gasteiger partial charge on any atom is -0.350 e. The molecule has 4 nitrogen and oxygen atoms in total. The van der Waals surface area contributed by atoms with Gasteiger partial charge in [0, 0.05) is 37.4 Å². The minimum atomic E-state index is -0.401. The van der Waals surface area contributed by atoms with Crippen LogP contribution in [0.15, 0.2) is 66.7 Å². The number of halogens is 1. The van der Waals surface area contributed by atoms with Gasteiger partial charge in [-0.05, 0) is 53.6 Å². The Kier molecular flexibility index (Phi) is 5.88. The van der Waals surface area contributed by atoms with Crippen molar-refractivity contribution in [1.82, 2.24) is 10.2 Å². The summed E-state index contributed by atoms with van der Waals surface area (Å²) >= 11 is 0. The van der Waals surface area contributed by atoms with Crippen LogP contribution in [-0.4, -0.2) is 35.3 Å². The highest BCUT2D eigenvalue weighted by molar-refractivity contribution is 5.86. The van der Waals surface area contributed by atoms with Gasteiger partial charge in [0.1, 0.15) is 5.82 Å². The second-order valence-electron chi connectivity index (χ2n) is 9.49. The number of likely N-dealkylation sites (tertiary alicyclic amines) is 1. The third-order valence-corrected chi connectivity index (χ3v) is 7.35. The monoisotopic (exact) mass is 444 g/mol. The van der Waals surface area contributed by atoms with E-state index in [1.165, 1.54) is 22.4 Å². The lowest BCUT2D eigenvalue weighted by molar-refractivity contribution is -0.131. The number of hydrogen-bond donors (Lipinski definition) is 1. The summed E-state index contributed by atoms with van der Waals surface area (Å²) in [4.78, 5) is 27.1. The summed E-state index contributed by atoms with van der Waals surface area (Å²) < 4.78 is 14.2. The van der Waals surface area contributed by atoms with Gasteiger partial charge in [0.25, 0.3) is 0 Å². The van der Waals surface area contributed by atoms with Gasteiger partial charge in [-0.25, -0.2) is 4.39 Å². The first kappa shape index (κ1) is 21.6. The second-order valence-corrected chi connectivity index (χ2v) is 9.49. The number of carbonyl (C=O) groups excluding carboxylic acids is 2. The molecule has 1 N–H and O–H groups in total. The van der Waals surface area contributed by atoms with E-state index in [0.29, 0.717) is 44.3 Å². The molecule has 33 heavy (non-hydrogen) atoms. The molecule has 0 bridgehead atoms. The first-order valence-corrected chi connectivity index (χ1v) is 11.8. The van der Waals surface area contributed by atoms with Gasteiger partial charge in [-0.2, -0.15) is 0 Å². The SMILES string of the molecule is O=C1CC[C@](CCC(=O)N2CC[C@H](c3ccccc3F)C2)(Cc2cccc3ccccc23)N1. The topological polar surface area (TPSA) is 49.4 Å². The molecule has 5 rings (SSSR count). The quantitative estimate of drug-likeness (QED) is 0.584. The van der Waals surface area contributed by atoms with E-state index in [1.54, 1.807) is 6.07 Å². The molecule has 3 aromatic carbocycles. The zero-order valence-electron chi connectivity index (χ0n) is 18.7. The van der Waals surface area contributed by atoms with Crippen molar-refractivity contribution in [3.05, 3.63) is 83.7 Å². The minimum absolute atomic E-state index is 0.0472. The standard InChI is InChI=1S/C28H29FN2O2/c29-25-11-4-3-10-24(25)22-14-17-31(19-22)27(33)13-16-28(15-12-26(32)30-28)18-21-8-5-7-20-6-1-2-9-23(20)21/h1-11,22H,12-19H2,(H,30,32)/t22-,28-/m0/s1. The predicted molar refractivity (Wildman–Crippen MR) is 127 cm³/mol.